The molecule has 3 aliphatic rings. The smallest absolute Gasteiger partial charge is 0.250 e. The number of nitrogens with one attached hydrogen (secondary N) is 1. The summed E-state index contributed by atoms with van der Waals surface area (Å²) in [7, 11) is 1.63. The molecule has 0 radical (unpaired) electrons. The van der Waals surface area contributed by atoms with Crippen molar-refractivity contribution in [3.05, 3.63) is 95.6 Å². The second kappa shape index (κ2) is 7.75. The molecule has 0 bridgehead atoms. The molecule has 1 amide bonds. The van der Waals surface area contributed by atoms with E-state index >= 15 is 0 Å². The highest BCUT2D eigenvalue weighted by atomic mass is 32.2. The zero-order chi connectivity index (χ0) is 22.6. The predicted octanol–water partition coefficient (Wildman–Crippen LogP) is 4.51. The summed E-state index contributed by atoms with van der Waals surface area (Å²) in [6, 6.07) is 25.4. The fourth-order valence-corrected chi connectivity index (χ4v) is 7.34. The van der Waals surface area contributed by atoms with Crippen molar-refractivity contribution >= 4 is 29.1 Å². The molecule has 6 heteroatoms. The van der Waals surface area contributed by atoms with Gasteiger partial charge in [-0.05, 0) is 23.8 Å². The second-order valence-electron chi connectivity index (χ2n) is 8.81. The average Bonchev–Trinajstić information content (AvgIpc) is 3.52. The number of carbonyl (C=O) groups is 2. The molecule has 33 heavy (non-hydrogen) atoms. The van der Waals surface area contributed by atoms with Crippen molar-refractivity contribution in [3.8, 4) is 5.75 Å². The molecule has 3 aliphatic heterocycles. The molecule has 0 saturated carbocycles. The normalized spacial score (nSPS) is 27.9. The van der Waals surface area contributed by atoms with E-state index in [0.717, 1.165) is 22.6 Å². The molecule has 3 heterocycles. The lowest BCUT2D eigenvalue weighted by molar-refractivity contribution is -0.127. The highest BCUT2D eigenvalue weighted by molar-refractivity contribution is 7.99. The van der Waals surface area contributed by atoms with Crippen LogP contribution in [0, 0.1) is 5.92 Å². The fourth-order valence-electron chi connectivity index (χ4n) is 6.01. The van der Waals surface area contributed by atoms with E-state index in [1.54, 1.807) is 7.11 Å². The Morgan fingerprint density at radius 1 is 1.06 bits per heavy atom. The first-order valence-corrected chi connectivity index (χ1v) is 12.3. The van der Waals surface area contributed by atoms with Crippen LogP contribution >= 0.6 is 11.8 Å². The third kappa shape index (κ3) is 2.84. The first kappa shape index (κ1) is 20.5. The molecule has 1 N–H and O–H groups in total. The van der Waals surface area contributed by atoms with E-state index in [1.165, 1.54) is 0 Å². The van der Waals surface area contributed by atoms with Crippen LogP contribution in [0.4, 0.5) is 5.69 Å². The summed E-state index contributed by atoms with van der Waals surface area (Å²) in [4.78, 5) is 30.5. The van der Waals surface area contributed by atoms with Crippen LogP contribution in [0.15, 0.2) is 78.9 Å². The minimum absolute atomic E-state index is 0.00896. The lowest BCUT2D eigenvalue weighted by Crippen LogP contribution is -2.52. The largest absolute Gasteiger partial charge is 0.497 e. The molecule has 4 atom stereocenters. The van der Waals surface area contributed by atoms with Crippen molar-refractivity contribution in [1.82, 2.24) is 4.90 Å². The number of ketones is 1. The van der Waals surface area contributed by atoms with Gasteiger partial charge in [-0.2, -0.15) is 0 Å². The van der Waals surface area contributed by atoms with Crippen LogP contribution in [-0.4, -0.2) is 41.4 Å². The Kier molecular flexibility index (Phi) is 4.82. The standard InChI is InChI=1S/C27H24N2O3S/c1-32-19-12-13-21-20(14-19)27(26(31)28-21)24(25(30)18-10-6-3-7-11-18)23(17-8-4-2-5-9-17)22-15-33-16-29(22)27/h2-14,22-24H,15-16H2,1H3,(H,28,31)/t22-,23+,24+,27-/m1/s1. The molecule has 0 aliphatic carbocycles. The van der Waals surface area contributed by atoms with Crippen molar-refractivity contribution in [2.45, 2.75) is 17.5 Å². The number of methoxy groups -OCH3 is 1. The third-order valence-corrected chi connectivity index (χ3v) is 8.39. The maximum Gasteiger partial charge on any atom is 0.250 e. The number of rotatable bonds is 4. The van der Waals surface area contributed by atoms with Gasteiger partial charge in [-0.1, -0.05) is 60.7 Å². The first-order valence-electron chi connectivity index (χ1n) is 11.1. The number of amides is 1. The lowest BCUT2D eigenvalue weighted by Gasteiger charge is -2.36. The van der Waals surface area contributed by atoms with Gasteiger partial charge in [0, 0.05) is 40.4 Å². The van der Waals surface area contributed by atoms with Crippen LogP contribution in [0.3, 0.4) is 0 Å². The van der Waals surface area contributed by atoms with Crippen LogP contribution < -0.4 is 10.1 Å². The molecule has 2 fully saturated rings. The quantitative estimate of drug-likeness (QED) is 0.586. The Balaban J connectivity index is 1.63. The van der Waals surface area contributed by atoms with Gasteiger partial charge in [0.2, 0.25) is 5.91 Å². The summed E-state index contributed by atoms with van der Waals surface area (Å²) < 4.78 is 5.53. The maximum absolute atomic E-state index is 14.3. The molecule has 2 saturated heterocycles. The number of carbonyl (C=O) groups excluding carboxylic acids is 2. The van der Waals surface area contributed by atoms with Crippen molar-refractivity contribution in [1.29, 1.82) is 0 Å². The van der Waals surface area contributed by atoms with Crippen molar-refractivity contribution in [3.63, 3.8) is 0 Å². The van der Waals surface area contributed by atoms with Crippen molar-refractivity contribution in [2.75, 3.05) is 24.1 Å². The Labute approximate surface area is 197 Å². The minimum atomic E-state index is -1.08. The summed E-state index contributed by atoms with van der Waals surface area (Å²) in [5, 5.41) is 3.10. The van der Waals surface area contributed by atoms with Gasteiger partial charge in [0.05, 0.1) is 13.0 Å². The summed E-state index contributed by atoms with van der Waals surface area (Å²) in [6.45, 7) is 0. The van der Waals surface area contributed by atoms with Crippen LogP contribution in [-0.2, 0) is 10.3 Å². The van der Waals surface area contributed by atoms with Gasteiger partial charge in [0.1, 0.15) is 11.3 Å². The molecule has 3 aromatic rings. The maximum atomic E-state index is 14.3. The second-order valence-corrected chi connectivity index (χ2v) is 9.81. The highest BCUT2D eigenvalue weighted by Gasteiger charge is 2.69. The number of nitrogens with zero attached hydrogens (tertiary/aromatic N) is 1. The fraction of sp³-hybridized carbons (Fsp3) is 0.259. The molecule has 1 spiro atoms. The van der Waals surface area contributed by atoms with E-state index < -0.39 is 11.5 Å². The van der Waals surface area contributed by atoms with Crippen LogP contribution in [0.5, 0.6) is 5.75 Å². The molecular weight excluding hydrogens is 432 g/mol. The van der Waals surface area contributed by atoms with Gasteiger partial charge in [-0.25, -0.2) is 0 Å². The Hall–Kier alpha value is -3.09. The number of hydrogen-bond acceptors (Lipinski definition) is 5. The summed E-state index contributed by atoms with van der Waals surface area (Å²) in [5.74, 6) is 1.50. The molecule has 3 aromatic carbocycles. The van der Waals surface area contributed by atoms with Gasteiger partial charge in [0.15, 0.2) is 5.78 Å². The van der Waals surface area contributed by atoms with Crippen molar-refractivity contribution in [2.24, 2.45) is 5.92 Å². The highest BCUT2D eigenvalue weighted by Crippen LogP contribution is 2.61. The van der Waals surface area contributed by atoms with Gasteiger partial charge in [-0.15, -0.1) is 11.8 Å². The monoisotopic (exact) mass is 456 g/mol. The van der Waals surface area contributed by atoms with Crippen LogP contribution in [0.1, 0.15) is 27.4 Å². The van der Waals surface area contributed by atoms with E-state index in [0.29, 0.717) is 17.2 Å². The summed E-state index contributed by atoms with van der Waals surface area (Å²) in [5.41, 5.74) is 2.26. The topological polar surface area (TPSA) is 58.6 Å². The first-order chi connectivity index (χ1) is 16.2. The minimum Gasteiger partial charge on any atom is -0.497 e. The van der Waals surface area contributed by atoms with Crippen molar-refractivity contribution < 1.29 is 14.3 Å². The van der Waals surface area contributed by atoms with E-state index in [9.17, 15) is 9.59 Å². The van der Waals surface area contributed by atoms with E-state index in [2.05, 4.69) is 22.3 Å². The third-order valence-electron chi connectivity index (χ3n) is 7.35. The van der Waals surface area contributed by atoms with Crippen LogP contribution in [0.2, 0.25) is 0 Å². The Morgan fingerprint density at radius 2 is 1.79 bits per heavy atom. The molecule has 0 aromatic heterocycles. The molecule has 0 unspecified atom stereocenters. The number of fused-ring (bicyclic) bond motifs is 4. The molecule has 6 rings (SSSR count). The van der Waals surface area contributed by atoms with Gasteiger partial charge >= 0.3 is 0 Å². The predicted molar refractivity (Wildman–Crippen MR) is 130 cm³/mol. The number of anilines is 1. The Morgan fingerprint density at radius 3 is 2.52 bits per heavy atom. The molecule has 166 valence electrons. The Bertz CT molecular complexity index is 1230. The van der Waals surface area contributed by atoms with Gasteiger partial charge in [-0.3, -0.25) is 14.5 Å². The summed E-state index contributed by atoms with van der Waals surface area (Å²) in [6.07, 6.45) is 0. The summed E-state index contributed by atoms with van der Waals surface area (Å²) >= 11 is 1.82. The number of benzene rings is 3. The van der Waals surface area contributed by atoms with E-state index in [-0.39, 0.29) is 23.7 Å². The zero-order valence-corrected chi connectivity index (χ0v) is 19.0. The molecular formula is C27H24N2O3S. The van der Waals surface area contributed by atoms with Crippen LogP contribution in [0.25, 0.3) is 0 Å². The van der Waals surface area contributed by atoms with E-state index in [4.69, 9.17) is 4.74 Å². The van der Waals surface area contributed by atoms with Gasteiger partial charge in [0.25, 0.3) is 0 Å². The SMILES string of the molecule is COc1ccc2c(c1)[C@]1(C(=O)N2)[C@H](C(=O)c2ccccc2)[C@@H](c2ccccc2)[C@H]2CSCN21. The number of thioether (sulfide) groups is 1. The number of Topliss-reactive ketones (excluding diaryl/α,β-unsaturated/α-hetero) is 1. The molecule has 5 nitrogen and oxygen atoms in total. The zero-order valence-electron chi connectivity index (χ0n) is 18.2. The number of ether oxygens (including phenoxy) is 1. The average molecular weight is 457 g/mol. The van der Waals surface area contributed by atoms with E-state index in [1.807, 2.05) is 78.5 Å². The lowest BCUT2D eigenvalue weighted by atomic mass is 9.69. The number of hydrogen-bond donors (Lipinski definition) is 1. The van der Waals surface area contributed by atoms with Gasteiger partial charge < -0.3 is 10.1 Å².